The van der Waals surface area contributed by atoms with Crippen LogP contribution in [0.15, 0.2) is 66.4 Å². The maximum Gasteiger partial charge on any atom is 0.119 e. The highest BCUT2D eigenvalue weighted by Crippen LogP contribution is 2.48. The number of hydrogen-bond donors (Lipinski definition) is 0. The Morgan fingerprint density at radius 1 is 1.26 bits per heavy atom. The molecule has 2 heterocycles. The number of benzene rings is 1. The molecule has 1 spiro atoms. The van der Waals surface area contributed by atoms with Gasteiger partial charge in [-0.2, -0.15) is 0 Å². The monoisotopic (exact) mass is 249 g/mol. The predicted octanol–water partition coefficient (Wildman–Crippen LogP) is 3.16. The number of rotatable bonds is 2. The third-order valence-electron chi connectivity index (χ3n) is 4.09. The first-order chi connectivity index (χ1) is 9.32. The minimum atomic E-state index is 0.164. The fraction of sp³-hybridized carbons (Fsp3) is 0.176. The molecule has 3 aliphatic rings. The zero-order valence-corrected chi connectivity index (χ0v) is 10.8. The molecular weight excluding hydrogens is 234 g/mol. The van der Waals surface area contributed by atoms with Gasteiger partial charge >= 0.3 is 0 Å². The quantitative estimate of drug-likeness (QED) is 0.746. The van der Waals surface area contributed by atoms with Gasteiger partial charge in [-0.25, -0.2) is 0 Å². The molecule has 1 unspecified atom stereocenters. The van der Waals surface area contributed by atoms with Gasteiger partial charge in [0.2, 0.25) is 0 Å². The molecule has 1 fully saturated rings. The Balaban J connectivity index is 1.76. The van der Waals surface area contributed by atoms with Crippen LogP contribution < -0.4 is 4.74 Å². The van der Waals surface area contributed by atoms with Crippen molar-refractivity contribution < 1.29 is 4.74 Å². The molecule has 0 radical (unpaired) electrons. The van der Waals surface area contributed by atoms with Crippen molar-refractivity contribution in [2.75, 3.05) is 13.7 Å². The van der Waals surface area contributed by atoms with Crippen molar-refractivity contribution in [2.24, 2.45) is 0 Å². The second-order valence-electron chi connectivity index (χ2n) is 5.19. The summed E-state index contributed by atoms with van der Waals surface area (Å²) in [6.07, 6.45) is 13.3. The van der Waals surface area contributed by atoms with Crippen LogP contribution in [0.1, 0.15) is 5.56 Å². The van der Waals surface area contributed by atoms with Crippen LogP contribution in [-0.4, -0.2) is 24.1 Å². The second kappa shape index (κ2) is 3.64. The van der Waals surface area contributed by atoms with E-state index in [4.69, 9.17) is 4.74 Å². The number of methoxy groups -OCH3 is 1. The maximum atomic E-state index is 5.30. The summed E-state index contributed by atoms with van der Waals surface area (Å²) in [4.78, 5) is 2.39. The van der Waals surface area contributed by atoms with Gasteiger partial charge in [-0.1, -0.05) is 36.4 Å². The molecule has 1 atom stereocenters. The van der Waals surface area contributed by atoms with Gasteiger partial charge in [0.15, 0.2) is 0 Å². The third-order valence-corrected chi connectivity index (χ3v) is 4.09. The number of hydrogen-bond acceptors (Lipinski definition) is 2. The molecule has 0 amide bonds. The van der Waals surface area contributed by atoms with E-state index in [0.717, 1.165) is 12.3 Å². The van der Waals surface area contributed by atoms with Gasteiger partial charge in [-0.15, -0.1) is 0 Å². The Morgan fingerprint density at radius 3 is 3.11 bits per heavy atom. The van der Waals surface area contributed by atoms with Crippen LogP contribution in [0, 0.1) is 0 Å². The van der Waals surface area contributed by atoms with Crippen molar-refractivity contribution >= 4 is 5.57 Å². The summed E-state index contributed by atoms with van der Waals surface area (Å²) < 4.78 is 5.30. The Bertz CT molecular complexity index is 666. The summed E-state index contributed by atoms with van der Waals surface area (Å²) in [5, 5.41) is 0. The highest BCUT2D eigenvalue weighted by Gasteiger charge is 2.52. The topological polar surface area (TPSA) is 12.2 Å². The van der Waals surface area contributed by atoms with Gasteiger partial charge in [0, 0.05) is 12.7 Å². The smallest absolute Gasteiger partial charge is 0.119 e. The van der Waals surface area contributed by atoms with E-state index in [1.54, 1.807) is 7.11 Å². The van der Waals surface area contributed by atoms with E-state index in [1.807, 2.05) is 12.1 Å². The first-order valence-electron chi connectivity index (χ1n) is 6.53. The summed E-state index contributed by atoms with van der Waals surface area (Å²) in [6, 6.07) is 8.23. The van der Waals surface area contributed by atoms with E-state index < -0.39 is 0 Å². The summed E-state index contributed by atoms with van der Waals surface area (Å²) in [5.74, 6) is 0.901. The van der Waals surface area contributed by atoms with E-state index in [9.17, 15) is 0 Å². The first kappa shape index (κ1) is 10.7. The highest BCUT2D eigenvalue weighted by atomic mass is 16.5. The molecule has 1 saturated heterocycles. The minimum absolute atomic E-state index is 0.164. The standard InChI is InChI=1S/C17H15NO/c1-19-16-7-4-5-13(10-16)14-9-15-6-2-3-8-17(15)12-18(17)11-14/h2-11H,12H2,1H3. The SMILES string of the molecule is COc1cccc(C2=CN3CC34C=CC=CC4=C2)c1. The van der Waals surface area contributed by atoms with E-state index in [2.05, 4.69) is 53.6 Å². The summed E-state index contributed by atoms with van der Waals surface area (Å²) >= 11 is 0. The van der Waals surface area contributed by atoms with Crippen molar-refractivity contribution in [1.29, 1.82) is 0 Å². The van der Waals surface area contributed by atoms with Crippen LogP contribution >= 0.6 is 0 Å². The first-order valence-corrected chi connectivity index (χ1v) is 6.53. The lowest BCUT2D eigenvalue weighted by atomic mass is 9.89. The van der Waals surface area contributed by atoms with Crippen molar-refractivity contribution in [1.82, 2.24) is 4.90 Å². The number of allylic oxidation sites excluding steroid dienone is 4. The summed E-state index contributed by atoms with van der Waals surface area (Å²) in [6.45, 7) is 1.09. The van der Waals surface area contributed by atoms with Crippen LogP contribution in [0.4, 0.5) is 0 Å². The van der Waals surface area contributed by atoms with Gasteiger partial charge in [0.05, 0.1) is 7.11 Å². The lowest BCUT2D eigenvalue weighted by Crippen LogP contribution is -2.19. The Morgan fingerprint density at radius 2 is 2.21 bits per heavy atom. The van der Waals surface area contributed by atoms with E-state index in [-0.39, 0.29) is 5.54 Å². The molecule has 1 aromatic rings. The van der Waals surface area contributed by atoms with Crippen LogP contribution in [0.25, 0.3) is 5.57 Å². The largest absolute Gasteiger partial charge is 0.497 e. The highest BCUT2D eigenvalue weighted by molar-refractivity contribution is 5.80. The summed E-state index contributed by atoms with van der Waals surface area (Å²) in [5.41, 5.74) is 4.00. The maximum absolute atomic E-state index is 5.30. The van der Waals surface area contributed by atoms with Crippen molar-refractivity contribution in [3.63, 3.8) is 0 Å². The fourth-order valence-electron chi connectivity index (χ4n) is 2.91. The molecule has 4 rings (SSSR count). The van der Waals surface area contributed by atoms with E-state index >= 15 is 0 Å². The van der Waals surface area contributed by atoms with Gasteiger partial charge in [0.1, 0.15) is 11.3 Å². The van der Waals surface area contributed by atoms with Crippen molar-refractivity contribution in [2.45, 2.75) is 5.54 Å². The molecule has 2 heteroatoms. The average molecular weight is 249 g/mol. The van der Waals surface area contributed by atoms with Gasteiger partial charge in [0.25, 0.3) is 0 Å². The number of nitrogens with zero attached hydrogens (tertiary/aromatic N) is 1. The zero-order chi connectivity index (χ0) is 12.9. The fourth-order valence-corrected chi connectivity index (χ4v) is 2.91. The van der Waals surface area contributed by atoms with E-state index in [0.29, 0.717) is 0 Å². The molecule has 1 aliphatic carbocycles. The van der Waals surface area contributed by atoms with Gasteiger partial charge in [-0.05, 0) is 34.9 Å². The van der Waals surface area contributed by atoms with Crippen LogP contribution in [0.3, 0.4) is 0 Å². The lowest BCUT2D eigenvalue weighted by molar-refractivity contribution is 0.414. The normalized spacial score (nSPS) is 26.3. The minimum Gasteiger partial charge on any atom is -0.497 e. The molecule has 2 aliphatic heterocycles. The van der Waals surface area contributed by atoms with Crippen LogP contribution in [0.2, 0.25) is 0 Å². The Labute approximate surface area is 113 Å². The molecule has 94 valence electrons. The second-order valence-corrected chi connectivity index (χ2v) is 5.19. The molecule has 19 heavy (non-hydrogen) atoms. The van der Waals surface area contributed by atoms with Gasteiger partial charge < -0.3 is 9.64 Å². The predicted molar refractivity (Wildman–Crippen MR) is 76.8 cm³/mol. The van der Waals surface area contributed by atoms with Gasteiger partial charge in [-0.3, -0.25) is 0 Å². The van der Waals surface area contributed by atoms with Crippen LogP contribution in [-0.2, 0) is 0 Å². The molecular formula is C17H15NO. The Hall–Kier alpha value is -2.22. The molecule has 1 aromatic carbocycles. The molecule has 0 N–H and O–H groups in total. The van der Waals surface area contributed by atoms with Crippen molar-refractivity contribution in [3.8, 4) is 5.75 Å². The average Bonchev–Trinajstić information content (AvgIpc) is 3.18. The molecule has 0 saturated carbocycles. The summed E-state index contributed by atoms with van der Waals surface area (Å²) in [7, 11) is 1.71. The molecule has 0 aromatic heterocycles. The zero-order valence-electron chi connectivity index (χ0n) is 10.8. The molecule has 0 bridgehead atoms. The number of ether oxygens (including phenoxy) is 1. The molecule has 2 nitrogen and oxygen atoms in total. The third kappa shape index (κ3) is 1.49. The van der Waals surface area contributed by atoms with E-state index in [1.165, 1.54) is 16.7 Å². The lowest BCUT2D eigenvalue weighted by Gasteiger charge is -2.22. The Kier molecular flexibility index (Phi) is 2.05. The van der Waals surface area contributed by atoms with Crippen LogP contribution in [0.5, 0.6) is 5.75 Å². The van der Waals surface area contributed by atoms with Crippen molar-refractivity contribution in [3.05, 3.63) is 72.0 Å².